The molecule has 3 unspecified atom stereocenters. The molecule has 8 heterocycles. The Kier molecular flexibility index (Phi) is 23.5. The molecule has 4 aliphatic rings. The number of nitrogens with zero attached hydrogens (tertiary/aromatic N) is 4. The van der Waals surface area contributed by atoms with Gasteiger partial charge in [-0.1, -0.05) is 228 Å². The summed E-state index contributed by atoms with van der Waals surface area (Å²) in [6, 6.07) is 41.5. The number of unbranched alkanes of at least 4 members (excludes halogenated alkanes) is 2. The van der Waals surface area contributed by atoms with Crippen LogP contribution in [0.5, 0.6) is 0 Å². The summed E-state index contributed by atoms with van der Waals surface area (Å²) in [6.45, 7) is 26.2. The highest BCUT2D eigenvalue weighted by atomic mass is 32.1. The Morgan fingerprint density at radius 1 is 0.278 bits per heavy atom. The van der Waals surface area contributed by atoms with E-state index in [9.17, 15) is 5.11 Å². The third-order valence-corrected chi connectivity index (χ3v) is 33.7. The topological polar surface area (TPSA) is 153 Å². The first kappa shape index (κ1) is 85.6. The van der Waals surface area contributed by atoms with Crippen LogP contribution in [0.15, 0.2) is 121 Å². The van der Waals surface area contributed by atoms with E-state index in [1.54, 1.807) is 37.4 Å². The Labute approximate surface area is 755 Å². The van der Waals surface area contributed by atoms with E-state index in [1.807, 2.05) is 71.2 Å². The number of hydrogen-bond donors (Lipinski definition) is 1. The molecule has 4 aromatic heterocycles. The van der Waals surface area contributed by atoms with Gasteiger partial charge in [-0.15, -0.1) is 45.3 Å². The Morgan fingerprint density at radius 2 is 0.603 bits per heavy atom. The molecule has 19 rings (SSSR count). The van der Waals surface area contributed by atoms with Gasteiger partial charge in [-0.3, -0.25) is 48.3 Å². The van der Waals surface area contributed by atoms with Crippen LogP contribution in [-0.2, 0) is 12.8 Å². The van der Waals surface area contributed by atoms with E-state index in [-0.39, 0.29) is 65.5 Å². The van der Waals surface area contributed by atoms with Crippen LogP contribution < -0.4 is 0 Å². The first-order valence-corrected chi connectivity index (χ1v) is 51.0. The van der Waals surface area contributed by atoms with Crippen molar-refractivity contribution in [1.82, 2.24) is 19.6 Å². The summed E-state index contributed by atoms with van der Waals surface area (Å²) < 4.78 is 2.10. The molecule has 1 N–H and O–H groups in total. The van der Waals surface area contributed by atoms with Gasteiger partial charge in [0.1, 0.15) is 0 Å². The smallest absolute Gasteiger partial charge is 0.262 e. The Bertz CT molecular complexity index is 6770. The molecule has 7 amide bonds. The number of rotatable bonds is 36. The number of imide groups is 3. The maximum absolute atomic E-state index is 16.9. The lowest BCUT2D eigenvalue weighted by Crippen LogP contribution is -2.47. The number of fused-ring (bicyclic) bond motifs is 6. The second-order valence-electron chi connectivity index (χ2n) is 36.9. The van der Waals surface area contributed by atoms with Gasteiger partial charge in [0.15, 0.2) is 6.23 Å². The fourth-order valence-corrected chi connectivity index (χ4v) is 28.2. The van der Waals surface area contributed by atoms with Crippen LogP contribution in [0, 0.1) is 11.8 Å². The average molecular weight is 1750 g/mol. The van der Waals surface area contributed by atoms with E-state index in [4.69, 9.17) is 0 Å². The van der Waals surface area contributed by atoms with Crippen molar-refractivity contribution in [1.29, 1.82) is 0 Å². The maximum atomic E-state index is 16.9. The summed E-state index contributed by atoms with van der Waals surface area (Å²) in [5, 5.41) is 28.2. The molecule has 0 bridgehead atoms. The molecule has 12 nitrogen and oxygen atoms in total. The minimum Gasteiger partial charge on any atom is -0.369 e. The highest BCUT2D eigenvalue weighted by molar-refractivity contribution is 7.26. The van der Waals surface area contributed by atoms with Gasteiger partial charge < -0.3 is 10.0 Å². The van der Waals surface area contributed by atoms with E-state index in [2.05, 4.69) is 156 Å². The van der Waals surface area contributed by atoms with Crippen molar-refractivity contribution < 1.29 is 38.7 Å². The van der Waals surface area contributed by atoms with Crippen molar-refractivity contribution >= 4 is 193 Å². The van der Waals surface area contributed by atoms with Gasteiger partial charge in [0.05, 0.1) is 11.1 Å². The zero-order valence-electron chi connectivity index (χ0n) is 75.2. The highest BCUT2D eigenvalue weighted by Crippen LogP contribution is 2.60. The minimum atomic E-state index is -1.24. The molecule has 0 spiro atoms. The zero-order valence-corrected chi connectivity index (χ0v) is 78.5. The van der Waals surface area contributed by atoms with Crippen molar-refractivity contribution in [2.24, 2.45) is 11.8 Å². The quantitative estimate of drug-likeness (QED) is 0.0231. The Morgan fingerprint density at radius 3 is 0.968 bits per heavy atom. The van der Waals surface area contributed by atoms with Crippen molar-refractivity contribution in [2.75, 3.05) is 0 Å². The van der Waals surface area contributed by atoms with Gasteiger partial charge in [-0.2, -0.15) is 0 Å². The van der Waals surface area contributed by atoms with Crippen molar-refractivity contribution in [3.63, 3.8) is 0 Å². The van der Waals surface area contributed by atoms with Gasteiger partial charge >= 0.3 is 0 Å². The first-order chi connectivity index (χ1) is 61.4. The van der Waals surface area contributed by atoms with E-state index in [1.165, 1.54) is 14.7 Å². The molecule has 11 aromatic carbocycles. The van der Waals surface area contributed by atoms with Crippen molar-refractivity contribution in [3.05, 3.63) is 176 Å². The summed E-state index contributed by atoms with van der Waals surface area (Å²) in [5.41, 5.74) is 7.84. The standard InChI is InChI=1S/C110H116N4O8S4/c1-13-25-35-59(23-11)53-65-37-51-85(123-65)95-83-57-87(81-55-79-71-43-47-75-93-73(103(115)111(105(75)117)61(27-15-3)28-16-4)45-39-67(89(71)93)69-41-49-77-97(91(69)79)99(81)109(121)113(107(77)119)63(31-19-7)32-20-8)126-102(83)96(86-52-38-66(124-86)54-60(24-12)36-26-14-2)84-58-88(125-101(84)95)82-56-80-72-44-48-76-94-74(104(116)112(106(76)118)62(29-17-5)30-18-6)46-40-68(90(72)94)70-42-50-78-98(92(70)80)100(82)110(122)114(108(78)120)64(33-21-9)34-22-10/h37-52,55-64,107,119H,13-36,53-54H2,1-12H3. The summed E-state index contributed by atoms with van der Waals surface area (Å²) in [7, 11) is 0. The van der Waals surface area contributed by atoms with Gasteiger partial charge in [-0.05, 0) is 220 Å². The Balaban J connectivity index is 0.925. The van der Waals surface area contributed by atoms with Crippen LogP contribution in [-0.4, -0.2) is 90.2 Å². The Hall–Kier alpha value is -9.81. The van der Waals surface area contributed by atoms with Gasteiger partial charge in [0, 0.05) is 151 Å². The van der Waals surface area contributed by atoms with Crippen LogP contribution in [0.4, 0.5) is 0 Å². The number of amides is 7. The van der Waals surface area contributed by atoms with Crippen molar-refractivity contribution in [2.45, 2.75) is 280 Å². The number of thiophene rings is 4. The second-order valence-corrected chi connectivity index (χ2v) is 41.3. The lowest BCUT2D eigenvalue weighted by molar-refractivity contribution is -0.0193. The van der Waals surface area contributed by atoms with E-state index < -0.39 is 6.23 Å². The predicted molar refractivity (Wildman–Crippen MR) is 528 cm³/mol. The largest absolute Gasteiger partial charge is 0.369 e. The molecule has 0 fully saturated rings. The molecule has 0 saturated carbocycles. The van der Waals surface area contributed by atoms with Gasteiger partial charge in [0.25, 0.3) is 41.4 Å². The molecular formula is C110H116N4O8S4. The lowest BCUT2D eigenvalue weighted by atomic mass is 9.80. The highest BCUT2D eigenvalue weighted by Gasteiger charge is 2.46. The number of carbonyl (C=O) groups is 7. The van der Waals surface area contributed by atoms with Crippen LogP contribution in [0.2, 0.25) is 0 Å². The SMILES string of the molecule is CCCCC(CC)Cc1ccc(-c2c3cc(-c4cc5c6ccc7c8c(ccc(c9ccc%10c(c4C(=O)N(C(CCC)CCC)C%10O)c95)c86)C(=O)N(C(CCC)CCC)C7=O)sc3c(-c3ccc(CC(CC)CCCC)s3)c3cc(-c4cc5c6ccc7c8c(ccc(c9ccc%10c(c4C(=O)N(C(CCC)CCC)C%10=O)c95)c86)C(=O)N(C(CCC)CCC)C7=O)sc23)s1. The predicted octanol–water partition coefficient (Wildman–Crippen LogP) is 30.6. The molecule has 126 heavy (non-hydrogen) atoms. The third-order valence-electron chi connectivity index (χ3n) is 29.1. The molecule has 15 aromatic rings. The summed E-state index contributed by atoms with van der Waals surface area (Å²) in [6.07, 6.45) is 21.7. The average Bonchev–Trinajstić information content (AvgIpc) is 0.727. The normalized spacial score (nSPS) is 15.6. The summed E-state index contributed by atoms with van der Waals surface area (Å²) >= 11 is 7.13. The first-order valence-electron chi connectivity index (χ1n) is 47.7. The zero-order chi connectivity index (χ0) is 87.7. The monoisotopic (exact) mass is 1750 g/mol. The minimum absolute atomic E-state index is 0.211. The van der Waals surface area contributed by atoms with Gasteiger partial charge in [-0.25, -0.2) is 0 Å². The number of hydrogen-bond acceptors (Lipinski definition) is 12. The fourth-order valence-electron chi connectivity index (χ4n) is 23.2. The number of carbonyl (C=O) groups excluding carboxylic acids is 7. The van der Waals surface area contributed by atoms with Crippen LogP contribution >= 0.6 is 45.3 Å². The maximum Gasteiger partial charge on any atom is 0.262 e. The number of benzene rings is 11. The third kappa shape index (κ3) is 13.4. The van der Waals surface area contributed by atoms with E-state index in [0.29, 0.717) is 124 Å². The molecule has 0 radical (unpaired) electrons. The molecule has 0 aliphatic carbocycles. The molecule has 0 saturated heterocycles. The fraction of sp³-hybridized carbons (Fsp3) is 0.409. The second kappa shape index (κ2) is 34.7. The molecule has 4 aliphatic heterocycles. The van der Waals surface area contributed by atoms with E-state index >= 15 is 33.6 Å². The van der Waals surface area contributed by atoms with Crippen LogP contribution in [0.1, 0.15) is 331 Å². The number of aliphatic hydroxyl groups excluding tert-OH is 1. The van der Waals surface area contributed by atoms with Gasteiger partial charge in [0.2, 0.25) is 0 Å². The molecule has 3 atom stereocenters. The lowest BCUT2D eigenvalue weighted by Gasteiger charge is -2.40. The summed E-state index contributed by atoms with van der Waals surface area (Å²) in [5.74, 6) is -0.912. The number of aliphatic hydroxyl groups is 1. The molecular weight excluding hydrogens is 1630 g/mol. The molecule has 648 valence electrons. The van der Waals surface area contributed by atoms with E-state index in [0.717, 1.165) is 248 Å². The van der Waals surface area contributed by atoms with Crippen LogP contribution in [0.3, 0.4) is 0 Å². The molecule has 16 heteroatoms. The summed E-state index contributed by atoms with van der Waals surface area (Å²) in [4.78, 5) is 124. The van der Waals surface area contributed by atoms with Crippen molar-refractivity contribution in [3.8, 4) is 41.8 Å². The van der Waals surface area contributed by atoms with Crippen LogP contribution in [0.25, 0.3) is 148 Å².